The molecule has 4 rings (SSSR count). The molecule has 0 unspecified atom stereocenters. The molecule has 1 aromatic heterocycles. The Morgan fingerprint density at radius 3 is 2.85 bits per heavy atom. The van der Waals surface area contributed by atoms with E-state index in [0.29, 0.717) is 12.5 Å². The summed E-state index contributed by atoms with van der Waals surface area (Å²) in [5, 5.41) is 3.19. The Hall–Kier alpha value is -2.82. The first-order valence-corrected chi connectivity index (χ1v) is 9.57. The van der Waals surface area contributed by atoms with Crippen LogP contribution in [-0.2, 0) is 17.8 Å². The number of benzene rings is 2. The molecule has 0 fully saturated rings. The first kappa shape index (κ1) is 17.6. The summed E-state index contributed by atoms with van der Waals surface area (Å²) in [4.78, 5) is 17.6. The number of para-hydroxylation sites is 3. The summed E-state index contributed by atoms with van der Waals surface area (Å²) in [5.74, 6) is 2.31. The van der Waals surface area contributed by atoms with E-state index in [1.807, 2.05) is 48.5 Å². The molecular weight excluding hydrogens is 338 g/mol. The van der Waals surface area contributed by atoms with Crippen molar-refractivity contribution in [2.45, 2.75) is 39.3 Å². The molecule has 2 aromatic carbocycles. The van der Waals surface area contributed by atoms with E-state index in [2.05, 4.69) is 23.7 Å². The zero-order chi connectivity index (χ0) is 18.8. The number of hydrogen-bond acceptors (Lipinski definition) is 3. The average Bonchev–Trinajstić information content (AvgIpc) is 2.98. The fourth-order valence-corrected chi connectivity index (χ4v) is 3.70. The molecule has 0 spiro atoms. The molecule has 140 valence electrons. The monoisotopic (exact) mass is 363 g/mol. The van der Waals surface area contributed by atoms with Crippen LogP contribution in [0, 0.1) is 5.92 Å². The van der Waals surface area contributed by atoms with Crippen LogP contribution in [0.5, 0.6) is 5.75 Å². The van der Waals surface area contributed by atoms with Crippen LogP contribution < -0.4 is 10.1 Å². The Bertz CT molecular complexity index is 961. The highest BCUT2D eigenvalue weighted by atomic mass is 16.5. The number of rotatable bonds is 5. The van der Waals surface area contributed by atoms with Crippen LogP contribution in [0.15, 0.2) is 48.5 Å². The molecule has 1 atom stereocenters. The molecule has 1 aliphatic heterocycles. The van der Waals surface area contributed by atoms with Gasteiger partial charge in [0.1, 0.15) is 18.1 Å². The highest BCUT2D eigenvalue weighted by Crippen LogP contribution is 2.31. The third kappa shape index (κ3) is 3.68. The average molecular weight is 363 g/mol. The van der Waals surface area contributed by atoms with Crippen LogP contribution in [0.2, 0.25) is 0 Å². The molecule has 0 saturated heterocycles. The molecule has 5 nitrogen and oxygen atoms in total. The summed E-state index contributed by atoms with van der Waals surface area (Å²) in [6.45, 7) is 5.24. The largest absolute Gasteiger partial charge is 0.493 e. The predicted octanol–water partition coefficient (Wildman–Crippen LogP) is 3.87. The van der Waals surface area contributed by atoms with Gasteiger partial charge in [-0.1, -0.05) is 44.2 Å². The zero-order valence-electron chi connectivity index (χ0n) is 15.8. The van der Waals surface area contributed by atoms with Crippen LogP contribution in [0.1, 0.15) is 37.7 Å². The minimum atomic E-state index is -0.00853. The first-order valence-electron chi connectivity index (χ1n) is 9.57. The number of ether oxygens (including phenoxy) is 1. The van der Waals surface area contributed by atoms with Crippen molar-refractivity contribution >= 4 is 16.9 Å². The van der Waals surface area contributed by atoms with Gasteiger partial charge in [-0.25, -0.2) is 4.98 Å². The van der Waals surface area contributed by atoms with Crippen molar-refractivity contribution < 1.29 is 9.53 Å². The number of aromatic nitrogens is 2. The van der Waals surface area contributed by atoms with Crippen LogP contribution >= 0.6 is 0 Å². The Morgan fingerprint density at radius 2 is 2.00 bits per heavy atom. The van der Waals surface area contributed by atoms with Gasteiger partial charge in [-0.3, -0.25) is 4.79 Å². The Kier molecular flexibility index (Phi) is 4.84. The third-order valence-corrected chi connectivity index (χ3v) is 4.92. The van der Waals surface area contributed by atoms with Gasteiger partial charge >= 0.3 is 0 Å². The SMILES string of the molecule is CC(C)Cc1nc2ccccc2n1CC(=O)N[C@@H]1CCOc2ccccc21. The molecule has 1 N–H and O–H groups in total. The number of amides is 1. The van der Waals surface area contributed by atoms with E-state index in [9.17, 15) is 4.79 Å². The van der Waals surface area contributed by atoms with Crippen LogP contribution in [-0.4, -0.2) is 22.1 Å². The number of carbonyl (C=O) groups excluding carboxylic acids is 1. The summed E-state index contributed by atoms with van der Waals surface area (Å²) >= 11 is 0. The number of hydrogen-bond donors (Lipinski definition) is 1. The molecular formula is C22H25N3O2. The maximum absolute atomic E-state index is 12.9. The van der Waals surface area contributed by atoms with Crippen molar-refractivity contribution in [1.82, 2.24) is 14.9 Å². The summed E-state index contributed by atoms with van der Waals surface area (Å²) in [6, 6.07) is 15.9. The minimum Gasteiger partial charge on any atom is -0.493 e. The molecule has 0 bridgehead atoms. The maximum Gasteiger partial charge on any atom is 0.240 e. The first-order chi connectivity index (χ1) is 13.1. The second kappa shape index (κ2) is 7.43. The number of imidazole rings is 1. The molecule has 3 aromatic rings. The molecule has 27 heavy (non-hydrogen) atoms. The molecule has 0 aliphatic carbocycles. The zero-order valence-corrected chi connectivity index (χ0v) is 15.8. The molecule has 5 heteroatoms. The van der Waals surface area contributed by atoms with Crippen molar-refractivity contribution in [3.05, 3.63) is 59.9 Å². The van der Waals surface area contributed by atoms with E-state index >= 15 is 0 Å². The molecule has 1 aliphatic rings. The third-order valence-electron chi connectivity index (χ3n) is 4.92. The number of nitrogens with zero attached hydrogens (tertiary/aromatic N) is 2. The predicted molar refractivity (Wildman–Crippen MR) is 106 cm³/mol. The molecule has 0 saturated carbocycles. The Balaban J connectivity index is 1.57. The van der Waals surface area contributed by atoms with E-state index in [4.69, 9.17) is 9.72 Å². The van der Waals surface area contributed by atoms with Crippen LogP contribution in [0.25, 0.3) is 11.0 Å². The van der Waals surface area contributed by atoms with Crippen molar-refractivity contribution in [2.24, 2.45) is 5.92 Å². The van der Waals surface area contributed by atoms with E-state index in [1.54, 1.807) is 0 Å². The van der Waals surface area contributed by atoms with Crippen molar-refractivity contribution in [3.63, 3.8) is 0 Å². The molecule has 1 amide bonds. The van der Waals surface area contributed by atoms with Crippen molar-refractivity contribution in [1.29, 1.82) is 0 Å². The highest BCUT2D eigenvalue weighted by Gasteiger charge is 2.23. The lowest BCUT2D eigenvalue weighted by Gasteiger charge is -2.26. The Morgan fingerprint density at radius 1 is 1.22 bits per heavy atom. The van der Waals surface area contributed by atoms with Gasteiger partial charge < -0.3 is 14.6 Å². The lowest BCUT2D eigenvalue weighted by Crippen LogP contribution is -2.34. The summed E-state index contributed by atoms with van der Waals surface area (Å²) in [5.41, 5.74) is 3.00. The van der Waals surface area contributed by atoms with Gasteiger partial charge in [-0.05, 0) is 24.1 Å². The summed E-state index contributed by atoms with van der Waals surface area (Å²) < 4.78 is 7.75. The normalized spacial score (nSPS) is 16.2. The van der Waals surface area contributed by atoms with Gasteiger partial charge in [-0.2, -0.15) is 0 Å². The second-order valence-electron chi connectivity index (χ2n) is 7.50. The maximum atomic E-state index is 12.9. The molecule has 2 heterocycles. The minimum absolute atomic E-state index is 0.00450. The number of carbonyl (C=O) groups is 1. The fraction of sp³-hybridized carbons (Fsp3) is 0.364. The van der Waals surface area contributed by atoms with Gasteiger partial charge in [-0.15, -0.1) is 0 Å². The highest BCUT2D eigenvalue weighted by molar-refractivity contribution is 5.81. The standard InChI is InChI=1S/C22H25N3O2/c1-15(2)13-21-23-18-8-4-5-9-19(18)25(21)14-22(26)24-17-11-12-27-20-10-6-3-7-16(17)20/h3-10,15,17H,11-14H2,1-2H3,(H,24,26)/t17-/m1/s1. The lowest BCUT2D eigenvalue weighted by molar-refractivity contribution is -0.122. The van der Waals surface area contributed by atoms with Crippen molar-refractivity contribution in [2.75, 3.05) is 6.61 Å². The van der Waals surface area contributed by atoms with Crippen LogP contribution in [0.3, 0.4) is 0 Å². The summed E-state index contributed by atoms with van der Waals surface area (Å²) in [7, 11) is 0. The summed E-state index contributed by atoms with van der Waals surface area (Å²) in [6.07, 6.45) is 1.63. The fourth-order valence-electron chi connectivity index (χ4n) is 3.70. The second-order valence-corrected chi connectivity index (χ2v) is 7.50. The smallest absolute Gasteiger partial charge is 0.240 e. The van der Waals surface area contributed by atoms with Gasteiger partial charge in [0.25, 0.3) is 0 Å². The quantitative estimate of drug-likeness (QED) is 0.748. The number of nitrogens with one attached hydrogen (secondary N) is 1. The van der Waals surface area contributed by atoms with E-state index in [-0.39, 0.29) is 18.5 Å². The van der Waals surface area contributed by atoms with E-state index in [0.717, 1.165) is 41.0 Å². The van der Waals surface area contributed by atoms with Gasteiger partial charge in [0.2, 0.25) is 5.91 Å². The van der Waals surface area contributed by atoms with Crippen molar-refractivity contribution in [3.8, 4) is 5.75 Å². The van der Waals surface area contributed by atoms with Gasteiger partial charge in [0.05, 0.1) is 23.7 Å². The lowest BCUT2D eigenvalue weighted by atomic mass is 10.0. The topological polar surface area (TPSA) is 56.2 Å². The number of fused-ring (bicyclic) bond motifs is 2. The van der Waals surface area contributed by atoms with Gasteiger partial charge in [0, 0.05) is 18.4 Å². The van der Waals surface area contributed by atoms with Crippen LogP contribution in [0.4, 0.5) is 0 Å². The van der Waals surface area contributed by atoms with E-state index in [1.165, 1.54) is 0 Å². The van der Waals surface area contributed by atoms with Gasteiger partial charge in [0.15, 0.2) is 0 Å². The van der Waals surface area contributed by atoms with E-state index < -0.39 is 0 Å². The molecule has 0 radical (unpaired) electrons. The Labute approximate surface area is 159 Å².